The van der Waals surface area contributed by atoms with Crippen molar-refractivity contribution in [3.05, 3.63) is 54.6 Å². The van der Waals surface area contributed by atoms with E-state index in [1.54, 1.807) is 11.8 Å². The minimum Gasteiger partial charge on any atom is -0.488 e. The zero-order valence-corrected chi connectivity index (χ0v) is 21.0. The fraction of sp³-hybridized carbons (Fsp3) is 0.440. The van der Waals surface area contributed by atoms with Gasteiger partial charge in [-0.15, -0.1) is 0 Å². The normalized spacial score (nSPS) is 20.4. The van der Waals surface area contributed by atoms with Gasteiger partial charge in [0, 0.05) is 36.7 Å². The molecule has 4 atom stereocenters. The molecule has 1 aliphatic rings. The van der Waals surface area contributed by atoms with Crippen LogP contribution < -0.4 is 15.8 Å². The maximum absolute atomic E-state index is 13.2. The molecule has 0 aliphatic carbocycles. The molecule has 0 radical (unpaired) electrons. The zero-order chi connectivity index (χ0) is 24.5. The predicted molar refractivity (Wildman–Crippen MR) is 142 cm³/mol. The molecular formula is C25H33N3O4S2. The van der Waals surface area contributed by atoms with E-state index >= 15 is 0 Å². The highest BCUT2D eigenvalue weighted by atomic mass is 32.2. The molecule has 0 saturated carbocycles. The molecule has 3 rings (SSSR count). The Hall–Kier alpha value is -2.20. The number of carbonyl (C=O) groups is 2. The van der Waals surface area contributed by atoms with Gasteiger partial charge < -0.3 is 20.9 Å². The van der Waals surface area contributed by atoms with Crippen LogP contribution in [0.4, 0.5) is 0 Å². The number of benzene rings is 2. The smallest absolute Gasteiger partial charge is 0.326 e. The van der Waals surface area contributed by atoms with E-state index in [4.69, 9.17) is 10.5 Å². The number of nitrogens with zero attached hydrogens (tertiary/aromatic N) is 1. The molecule has 1 aliphatic heterocycles. The second-order valence-electron chi connectivity index (χ2n) is 8.38. The monoisotopic (exact) mass is 503 g/mol. The summed E-state index contributed by atoms with van der Waals surface area (Å²) in [6.07, 6.45) is 6.36. The van der Waals surface area contributed by atoms with Crippen molar-refractivity contribution >= 4 is 47.0 Å². The molecule has 0 aromatic heterocycles. The minimum atomic E-state index is -1.02. The number of thioether (sulfide) groups is 1. The third-order valence-corrected chi connectivity index (χ3v) is 6.94. The lowest BCUT2D eigenvalue weighted by Crippen LogP contribution is -2.49. The first kappa shape index (κ1) is 26.4. The summed E-state index contributed by atoms with van der Waals surface area (Å²) in [5, 5.41) is 14.4. The third kappa shape index (κ3) is 7.15. The van der Waals surface area contributed by atoms with Crippen molar-refractivity contribution in [2.75, 3.05) is 30.9 Å². The molecule has 2 aromatic carbocycles. The van der Waals surface area contributed by atoms with E-state index in [2.05, 4.69) is 17.9 Å². The van der Waals surface area contributed by atoms with Gasteiger partial charge in [0.1, 0.15) is 17.9 Å². The first-order chi connectivity index (χ1) is 16.4. The van der Waals surface area contributed by atoms with Crippen LogP contribution in [-0.2, 0) is 9.59 Å². The number of aliphatic carboxylic acids is 1. The van der Waals surface area contributed by atoms with Crippen molar-refractivity contribution in [1.82, 2.24) is 10.2 Å². The van der Waals surface area contributed by atoms with E-state index in [-0.39, 0.29) is 18.1 Å². The van der Waals surface area contributed by atoms with Crippen LogP contribution >= 0.6 is 24.4 Å². The van der Waals surface area contributed by atoms with Crippen molar-refractivity contribution in [3.8, 4) is 5.75 Å². The van der Waals surface area contributed by atoms with Crippen molar-refractivity contribution in [2.24, 2.45) is 5.73 Å². The van der Waals surface area contributed by atoms with Gasteiger partial charge in [-0.1, -0.05) is 48.6 Å². The summed E-state index contributed by atoms with van der Waals surface area (Å²) >= 11 is 5.75. The molecule has 1 unspecified atom stereocenters. The SMILES string of the molecule is CSCC[C@H](NC(=O)[C@@H]1C[C@H](Oc2cccc3ccccc23)CN1C/C=C/C(N)CS)C(=O)O. The lowest BCUT2D eigenvalue weighted by atomic mass is 10.1. The largest absolute Gasteiger partial charge is 0.488 e. The molecule has 0 bridgehead atoms. The molecule has 184 valence electrons. The summed E-state index contributed by atoms with van der Waals surface area (Å²) < 4.78 is 6.36. The summed E-state index contributed by atoms with van der Waals surface area (Å²) in [7, 11) is 0. The summed E-state index contributed by atoms with van der Waals surface area (Å²) in [6, 6.07) is 12.4. The van der Waals surface area contributed by atoms with Gasteiger partial charge in [0.25, 0.3) is 0 Å². The first-order valence-electron chi connectivity index (χ1n) is 11.4. The van der Waals surface area contributed by atoms with E-state index in [1.165, 1.54) is 0 Å². The number of rotatable bonds is 12. The van der Waals surface area contributed by atoms with Crippen LogP contribution in [0.1, 0.15) is 12.8 Å². The number of fused-ring (bicyclic) bond motifs is 1. The summed E-state index contributed by atoms with van der Waals surface area (Å²) in [6.45, 7) is 1.06. The molecule has 34 heavy (non-hydrogen) atoms. The zero-order valence-electron chi connectivity index (χ0n) is 19.3. The van der Waals surface area contributed by atoms with Gasteiger partial charge in [-0.2, -0.15) is 24.4 Å². The van der Waals surface area contributed by atoms with Gasteiger partial charge in [0.15, 0.2) is 0 Å². The van der Waals surface area contributed by atoms with Crippen molar-refractivity contribution in [2.45, 2.75) is 37.1 Å². The standard InChI is InChI=1S/C25H33N3O4S2/c1-34-13-11-21(25(30)31)27-24(29)22-14-19(15-28(22)12-5-8-18(26)16-33)32-23-10-4-7-17-6-2-3-9-20(17)23/h2-10,18-19,21-22,33H,11-16,26H2,1H3,(H,27,29)(H,30,31)/b8-5+/t18?,19-,21-,22-/m0/s1. The van der Waals surface area contributed by atoms with E-state index < -0.39 is 18.1 Å². The Balaban J connectivity index is 1.75. The molecule has 0 spiro atoms. The van der Waals surface area contributed by atoms with E-state index in [0.29, 0.717) is 37.4 Å². The van der Waals surface area contributed by atoms with Crippen LogP contribution in [0.15, 0.2) is 54.6 Å². The van der Waals surface area contributed by atoms with E-state index in [9.17, 15) is 14.7 Å². The van der Waals surface area contributed by atoms with Crippen LogP contribution in [0.2, 0.25) is 0 Å². The lowest BCUT2D eigenvalue weighted by Gasteiger charge is -2.24. The number of likely N-dealkylation sites (tertiary alicyclic amines) is 1. The Morgan fingerprint density at radius 2 is 2.09 bits per heavy atom. The van der Waals surface area contributed by atoms with Crippen LogP contribution in [0.3, 0.4) is 0 Å². The van der Waals surface area contributed by atoms with Crippen LogP contribution in [0, 0.1) is 0 Å². The lowest BCUT2D eigenvalue weighted by molar-refractivity contribution is -0.142. The average Bonchev–Trinajstić information content (AvgIpc) is 3.24. The van der Waals surface area contributed by atoms with Crippen molar-refractivity contribution < 1.29 is 19.4 Å². The maximum Gasteiger partial charge on any atom is 0.326 e. The highest BCUT2D eigenvalue weighted by Crippen LogP contribution is 2.29. The van der Waals surface area contributed by atoms with Gasteiger partial charge in [-0.3, -0.25) is 9.69 Å². The third-order valence-electron chi connectivity index (χ3n) is 5.87. The minimum absolute atomic E-state index is 0.163. The second-order valence-corrected chi connectivity index (χ2v) is 9.73. The number of carbonyl (C=O) groups excluding carboxylic acids is 1. The topological polar surface area (TPSA) is 105 Å². The van der Waals surface area contributed by atoms with Crippen LogP contribution in [0.5, 0.6) is 5.75 Å². The average molecular weight is 504 g/mol. The molecule has 9 heteroatoms. The fourth-order valence-electron chi connectivity index (χ4n) is 4.09. The Morgan fingerprint density at radius 1 is 1.32 bits per heavy atom. The van der Waals surface area contributed by atoms with Gasteiger partial charge >= 0.3 is 5.97 Å². The molecule has 2 aromatic rings. The first-order valence-corrected chi connectivity index (χ1v) is 13.4. The van der Waals surface area contributed by atoms with Crippen LogP contribution in [0.25, 0.3) is 10.8 Å². The van der Waals surface area contributed by atoms with Crippen molar-refractivity contribution in [3.63, 3.8) is 0 Å². The maximum atomic E-state index is 13.2. The summed E-state index contributed by atoms with van der Waals surface area (Å²) in [4.78, 5) is 26.8. The number of nitrogens with one attached hydrogen (secondary N) is 1. The van der Waals surface area contributed by atoms with E-state index in [0.717, 1.165) is 16.5 Å². The predicted octanol–water partition coefficient (Wildman–Crippen LogP) is 2.80. The number of hydrogen-bond donors (Lipinski definition) is 4. The molecule has 4 N–H and O–H groups in total. The number of hydrogen-bond acceptors (Lipinski definition) is 7. The van der Waals surface area contributed by atoms with Gasteiger partial charge in [-0.25, -0.2) is 4.79 Å². The Kier molecular flexibility index (Phi) is 10.1. The van der Waals surface area contributed by atoms with Crippen LogP contribution in [-0.4, -0.2) is 77.0 Å². The highest BCUT2D eigenvalue weighted by Gasteiger charge is 2.38. The van der Waals surface area contributed by atoms with Crippen molar-refractivity contribution in [1.29, 1.82) is 0 Å². The number of nitrogens with two attached hydrogens (primary N) is 1. The fourth-order valence-corrected chi connectivity index (χ4v) is 4.69. The summed E-state index contributed by atoms with van der Waals surface area (Å²) in [5.74, 6) is 0.658. The Morgan fingerprint density at radius 3 is 2.82 bits per heavy atom. The number of carboxylic acids is 1. The second kappa shape index (κ2) is 13.0. The molecule has 1 heterocycles. The Bertz CT molecular complexity index is 998. The highest BCUT2D eigenvalue weighted by molar-refractivity contribution is 7.98. The van der Waals surface area contributed by atoms with Gasteiger partial charge in [0.2, 0.25) is 5.91 Å². The number of carboxylic acid groups (broad SMARTS) is 1. The molecule has 1 amide bonds. The van der Waals surface area contributed by atoms with Gasteiger partial charge in [0.05, 0.1) is 6.04 Å². The number of amides is 1. The Labute approximate surface area is 210 Å². The molecule has 1 fully saturated rings. The summed E-state index contributed by atoms with van der Waals surface area (Å²) in [5.41, 5.74) is 5.93. The number of ether oxygens (including phenoxy) is 1. The number of thiol groups is 1. The molecule has 1 saturated heterocycles. The van der Waals surface area contributed by atoms with Gasteiger partial charge in [-0.05, 0) is 29.9 Å². The molecule has 7 nitrogen and oxygen atoms in total. The quantitative estimate of drug-likeness (QED) is 0.261. The molecular weight excluding hydrogens is 470 g/mol. The van der Waals surface area contributed by atoms with E-state index in [1.807, 2.05) is 65.8 Å².